The first-order valence-corrected chi connectivity index (χ1v) is 5.95. The molecule has 0 spiro atoms. The lowest BCUT2D eigenvalue weighted by Crippen LogP contribution is -2.29. The van der Waals surface area contributed by atoms with Gasteiger partial charge in [0.05, 0.1) is 0 Å². The van der Waals surface area contributed by atoms with Gasteiger partial charge in [0.1, 0.15) is 1.55 Å². The molecule has 1 N–H and O–H groups in total. The van der Waals surface area contributed by atoms with Crippen molar-refractivity contribution in [2.45, 2.75) is 8.10 Å². The summed E-state index contributed by atoms with van der Waals surface area (Å²) in [6.07, 6.45) is 5.48. The van der Waals surface area contributed by atoms with Gasteiger partial charge in [0, 0.05) is 18.9 Å². The molecule has 0 aliphatic rings. The van der Waals surface area contributed by atoms with Crippen LogP contribution in [0.15, 0.2) is 37.2 Å². The zero-order chi connectivity index (χ0) is 9.73. The van der Waals surface area contributed by atoms with Gasteiger partial charge in [0.25, 0.3) is 0 Å². The highest BCUT2D eigenvalue weighted by molar-refractivity contribution is 14.2. The first kappa shape index (κ1) is 11.4. The van der Waals surface area contributed by atoms with Crippen molar-refractivity contribution in [3.05, 3.63) is 42.7 Å². The number of pyridine rings is 1. The Labute approximate surface area is 105 Å². The molecule has 1 aromatic rings. The lowest BCUT2D eigenvalue weighted by molar-refractivity contribution is 0.727. The monoisotopic (exact) mass is 400 g/mol. The molecule has 70 valence electrons. The maximum Gasteiger partial charge on any atom is 0.141 e. The van der Waals surface area contributed by atoms with Gasteiger partial charge in [0.2, 0.25) is 0 Å². The third kappa shape index (κ3) is 4.37. The number of rotatable bonds is 4. The molecule has 0 fully saturated rings. The van der Waals surface area contributed by atoms with Crippen molar-refractivity contribution in [1.29, 1.82) is 0 Å². The third-order valence-corrected chi connectivity index (χ3v) is 3.18. The van der Waals surface area contributed by atoms with Crippen molar-refractivity contribution in [3.63, 3.8) is 0 Å². The minimum atomic E-state index is -0.0706. The molecule has 0 aliphatic heterocycles. The highest BCUT2D eigenvalue weighted by atomic mass is 127. The summed E-state index contributed by atoms with van der Waals surface area (Å²) in [4.78, 5) is 3.96. The van der Waals surface area contributed by atoms with Crippen LogP contribution in [0.4, 0.5) is 0 Å². The van der Waals surface area contributed by atoms with E-state index in [1.807, 2.05) is 18.2 Å². The summed E-state index contributed by atoms with van der Waals surface area (Å²) >= 11 is 4.62. The average Bonchev–Trinajstić information content (AvgIpc) is 2.17. The second-order valence-electron chi connectivity index (χ2n) is 2.54. The molecule has 2 nitrogen and oxygen atoms in total. The van der Waals surface area contributed by atoms with Crippen LogP contribution in [0.1, 0.15) is 5.56 Å². The lowest BCUT2D eigenvalue weighted by Gasteiger charge is -2.17. The van der Waals surface area contributed by atoms with Crippen molar-refractivity contribution >= 4 is 45.2 Å². The molecule has 1 rings (SSSR count). The normalized spacial score (nSPS) is 11.2. The Kier molecular flexibility index (Phi) is 4.60. The van der Waals surface area contributed by atoms with Crippen LogP contribution in [-0.4, -0.2) is 6.54 Å². The summed E-state index contributed by atoms with van der Waals surface area (Å²) in [5.74, 6) is 0. The van der Waals surface area contributed by atoms with Gasteiger partial charge in [-0.05, 0) is 62.9 Å². The standard InChI is InChI=1S/C9H10I2N2/c1-2-9(10,11)13-7-8-3-5-12-6-4-8/h2-6,13H,1,7H2. The van der Waals surface area contributed by atoms with E-state index >= 15 is 0 Å². The van der Waals surface area contributed by atoms with Gasteiger partial charge in [-0.15, -0.1) is 0 Å². The minimum absolute atomic E-state index is 0.0706. The van der Waals surface area contributed by atoms with Crippen LogP contribution in [0.5, 0.6) is 0 Å². The van der Waals surface area contributed by atoms with Crippen molar-refractivity contribution in [2.24, 2.45) is 0 Å². The average molecular weight is 400 g/mol. The number of alkyl halides is 2. The molecule has 1 aromatic heterocycles. The van der Waals surface area contributed by atoms with E-state index in [9.17, 15) is 0 Å². The van der Waals surface area contributed by atoms with E-state index in [-0.39, 0.29) is 1.55 Å². The highest BCUT2D eigenvalue weighted by Crippen LogP contribution is 2.25. The maximum absolute atomic E-state index is 3.96. The molecule has 0 radical (unpaired) electrons. The third-order valence-electron chi connectivity index (χ3n) is 1.53. The molecule has 13 heavy (non-hydrogen) atoms. The Morgan fingerprint density at radius 2 is 2.08 bits per heavy atom. The van der Waals surface area contributed by atoms with Crippen LogP contribution in [0.3, 0.4) is 0 Å². The van der Waals surface area contributed by atoms with Gasteiger partial charge in [-0.25, -0.2) is 0 Å². The van der Waals surface area contributed by atoms with E-state index in [4.69, 9.17) is 0 Å². The molecule has 0 aliphatic carbocycles. The van der Waals surface area contributed by atoms with Crippen molar-refractivity contribution in [2.75, 3.05) is 0 Å². The molecule has 0 aromatic carbocycles. The topological polar surface area (TPSA) is 24.9 Å². The van der Waals surface area contributed by atoms with E-state index in [0.29, 0.717) is 0 Å². The molecule has 0 saturated carbocycles. The Balaban J connectivity index is 2.48. The Bertz CT molecular complexity index is 272. The molecule has 1 heterocycles. The molecule has 0 bridgehead atoms. The molecule has 0 atom stereocenters. The van der Waals surface area contributed by atoms with Crippen molar-refractivity contribution in [1.82, 2.24) is 10.3 Å². The van der Waals surface area contributed by atoms with E-state index in [1.165, 1.54) is 5.56 Å². The fourth-order valence-corrected chi connectivity index (χ4v) is 1.17. The fourth-order valence-electron chi connectivity index (χ4n) is 0.793. The number of nitrogens with one attached hydrogen (secondary N) is 1. The van der Waals surface area contributed by atoms with E-state index in [2.05, 4.69) is 62.1 Å². The molecule has 0 saturated heterocycles. The lowest BCUT2D eigenvalue weighted by atomic mass is 10.3. The predicted molar refractivity (Wildman–Crippen MR) is 72.0 cm³/mol. The van der Waals surface area contributed by atoms with E-state index in [0.717, 1.165) is 6.54 Å². The minimum Gasteiger partial charge on any atom is -0.287 e. The largest absolute Gasteiger partial charge is 0.287 e. The van der Waals surface area contributed by atoms with Crippen LogP contribution in [0.25, 0.3) is 0 Å². The van der Waals surface area contributed by atoms with Crippen LogP contribution in [0, 0.1) is 0 Å². The summed E-state index contributed by atoms with van der Waals surface area (Å²) < 4.78 is -0.0706. The van der Waals surface area contributed by atoms with Gasteiger partial charge in [0.15, 0.2) is 0 Å². The zero-order valence-electron chi connectivity index (χ0n) is 7.00. The van der Waals surface area contributed by atoms with Crippen molar-refractivity contribution < 1.29 is 0 Å². The Morgan fingerprint density at radius 3 is 2.62 bits per heavy atom. The van der Waals surface area contributed by atoms with Gasteiger partial charge >= 0.3 is 0 Å². The van der Waals surface area contributed by atoms with Crippen LogP contribution in [0.2, 0.25) is 0 Å². The highest BCUT2D eigenvalue weighted by Gasteiger charge is 2.15. The molecular weight excluding hydrogens is 390 g/mol. The van der Waals surface area contributed by atoms with Crippen molar-refractivity contribution in [3.8, 4) is 0 Å². The summed E-state index contributed by atoms with van der Waals surface area (Å²) in [6.45, 7) is 4.59. The predicted octanol–water partition coefficient (Wildman–Crippen LogP) is 2.88. The molecule has 0 unspecified atom stereocenters. The summed E-state index contributed by atoms with van der Waals surface area (Å²) in [7, 11) is 0. The fraction of sp³-hybridized carbons (Fsp3) is 0.222. The van der Waals surface area contributed by atoms with Gasteiger partial charge in [-0.2, -0.15) is 0 Å². The SMILES string of the molecule is C=CC(I)(I)NCc1ccncc1. The molecule has 4 heteroatoms. The number of halogens is 2. The van der Waals surface area contributed by atoms with Crippen LogP contribution >= 0.6 is 45.2 Å². The molecular formula is C9H10I2N2. The van der Waals surface area contributed by atoms with E-state index < -0.39 is 0 Å². The zero-order valence-corrected chi connectivity index (χ0v) is 11.3. The van der Waals surface area contributed by atoms with Crippen LogP contribution < -0.4 is 5.32 Å². The van der Waals surface area contributed by atoms with Gasteiger partial charge in [-0.1, -0.05) is 12.7 Å². The second-order valence-corrected chi connectivity index (χ2v) is 8.00. The number of nitrogens with zero attached hydrogens (tertiary/aromatic N) is 1. The number of aromatic nitrogens is 1. The van der Waals surface area contributed by atoms with Crippen LogP contribution in [-0.2, 0) is 6.54 Å². The summed E-state index contributed by atoms with van der Waals surface area (Å²) in [5, 5.41) is 3.35. The molecule has 0 amide bonds. The number of hydrogen-bond acceptors (Lipinski definition) is 2. The maximum atomic E-state index is 3.96. The Morgan fingerprint density at radius 1 is 1.46 bits per heavy atom. The summed E-state index contributed by atoms with van der Waals surface area (Å²) in [6, 6.07) is 4.00. The number of hydrogen-bond donors (Lipinski definition) is 1. The quantitative estimate of drug-likeness (QED) is 0.364. The first-order chi connectivity index (χ1) is 6.14. The van der Waals surface area contributed by atoms with Gasteiger partial charge < -0.3 is 0 Å². The second kappa shape index (κ2) is 5.26. The Hall–Kier alpha value is 0.310. The van der Waals surface area contributed by atoms with Gasteiger partial charge in [-0.3, -0.25) is 10.3 Å². The first-order valence-electron chi connectivity index (χ1n) is 3.79. The summed E-state index contributed by atoms with van der Waals surface area (Å²) in [5.41, 5.74) is 1.23. The van der Waals surface area contributed by atoms with E-state index in [1.54, 1.807) is 12.4 Å². The smallest absolute Gasteiger partial charge is 0.141 e.